The van der Waals surface area contributed by atoms with Gasteiger partial charge in [0.15, 0.2) is 0 Å². The van der Waals surface area contributed by atoms with Crippen LogP contribution >= 0.6 is 23.1 Å². The molecule has 1 aliphatic heterocycles. The Balaban J connectivity index is 2.69. The fraction of sp³-hybridized carbons (Fsp3) is 0.615. The van der Waals surface area contributed by atoms with Crippen LogP contribution in [0.1, 0.15) is 43.7 Å². The molecule has 1 aliphatic rings. The van der Waals surface area contributed by atoms with Crippen LogP contribution < -0.4 is 5.73 Å². The van der Waals surface area contributed by atoms with Crippen LogP contribution in [0.2, 0.25) is 0 Å². The van der Waals surface area contributed by atoms with Crippen molar-refractivity contribution in [3.8, 4) is 6.07 Å². The highest BCUT2D eigenvalue weighted by Gasteiger charge is 2.48. The molecule has 0 aromatic carbocycles. The van der Waals surface area contributed by atoms with E-state index in [4.69, 9.17) is 5.73 Å². The third-order valence-corrected chi connectivity index (χ3v) is 6.93. The molecule has 2 N–H and O–H groups in total. The molecule has 2 rings (SSSR count). The van der Waals surface area contributed by atoms with Crippen molar-refractivity contribution < 1.29 is 0 Å². The predicted molar refractivity (Wildman–Crippen MR) is 76.1 cm³/mol. The smallest absolute Gasteiger partial charge is 0.104 e. The zero-order valence-electron chi connectivity index (χ0n) is 10.7. The zero-order valence-corrected chi connectivity index (χ0v) is 12.3. The van der Waals surface area contributed by atoms with E-state index in [0.717, 1.165) is 11.3 Å². The van der Waals surface area contributed by atoms with Crippen LogP contribution in [0.5, 0.6) is 0 Å². The molecule has 0 saturated carbocycles. The molecule has 0 bridgehead atoms. The lowest BCUT2D eigenvalue weighted by molar-refractivity contribution is 0.346. The molecule has 17 heavy (non-hydrogen) atoms. The second-order valence-corrected chi connectivity index (χ2v) is 7.53. The highest BCUT2D eigenvalue weighted by molar-refractivity contribution is 8.00. The van der Waals surface area contributed by atoms with Crippen molar-refractivity contribution in [3.63, 3.8) is 0 Å². The van der Waals surface area contributed by atoms with E-state index < -0.39 is 0 Å². The minimum absolute atomic E-state index is 0.0640. The van der Waals surface area contributed by atoms with Gasteiger partial charge in [0, 0.05) is 20.9 Å². The molecule has 1 aromatic heterocycles. The van der Waals surface area contributed by atoms with Crippen molar-refractivity contribution >= 4 is 28.1 Å². The lowest BCUT2D eigenvalue weighted by atomic mass is 9.78. The highest BCUT2D eigenvalue weighted by atomic mass is 32.2. The van der Waals surface area contributed by atoms with Gasteiger partial charge in [0.05, 0.1) is 5.56 Å². The number of nitrogen functional groups attached to an aromatic ring is 1. The van der Waals surface area contributed by atoms with Gasteiger partial charge in [-0.05, 0) is 11.8 Å². The number of fused-ring (bicyclic) bond motifs is 1. The molecular weight excluding hydrogens is 248 g/mol. The molecule has 0 saturated heterocycles. The maximum absolute atomic E-state index is 9.33. The summed E-state index contributed by atoms with van der Waals surface area (Å²) in [5.41, 5.74) is 7.94. The largest absolute Gasteiger partial charge is 0.389 e. The number of anilines is 1. The van der Waals surface area contributed by atoms with Crippen molar-refractivity contribution in [2.45, 2.75) is 38.2 Å². The molecule has 4 heteroatoms. The molecule has 92 valence electrons. The number of hydrogen-bond acceptors (Lipinski definition) is 4. The average Bonchev–Trinajstić information content (AvgIpc) is 2.73. The van der Waals surface area contributed by atoms with Gasteiger partial charge < -0.3 is 5.73 Å². The fourth-order valence-corrected chi connectivity index (χ4v) is 5.87. The molecule has 0 amide bonds. The third kappa shape index (κ3) is 1.60. The standard InChI is InChI=1S/C13H18N2S2/c1-7(2)13(8(3)4)11-9(5-14)12(15)17-10(11)6-16-13/h7-8H,6,15H2,1-4H3. The summed E-state index contributed by atoms with van der Waals surface area (Å²) >= 11 is 3.58. The van der Waals surface area contributed by atoms with E-state index in [1.807, 2.05) is 11.8 Å². The molecule has 0 aliphatic carbocycles. The summed E-state index contributed by atoms with van der Waals surface area (Å²) in [5.74, 6) is 2.02. The van der Waals surface area contributed by atoms with Gasteiger partial charge in [-0.2, -0.15) is 5.26 Å². The van der Waals surface area contributed by atoms with Crippen molar-refractivity contribution in [3.05, 3.63) is 16.0 Å². The van der Waals surface area contributed by atoms with Gasteiger partial charge in [0.1, 0.15) is 11.1 Å². The molecule has 2 nitrogen and oxygen atoms in total. The van der Waals surface area contributed by atoms with Crippen molar-refractivity contribution in [2.24, 2.45) is 11.8 Å². The number of thioether (sulfide) groups is 1. The lowest BCUT2D eigenvalue weighted by Crippen LogP contribution is -2.32. The van der Waals surface area contributed by atoms with E-state index in [1.165, 1.54) is 10.4 Å². The Morgan fingerprint density at radius 1 is 1.29 bits per heavy atom. The first-order chi connectivity index (χ1) is 7.95. The quantitative estimate of drug-likeness (QED) is 0.881. The first-order valence-electron chi connectivity index (χ1n) is 5.90. The van der Waals surface area contributed by atoms with E-state index in [1.54, 1.807) is 11.3 Å². The predicted octanol–water partition coefficient (Wildman–Crippen LogP) is 3.96. The molecule has 0 unspecified atom stereocenters. The van der Waals surface area contributed by atoms with Crippen LogP contribution in [0.15, 0.2) is 0 Å². The SMILES string of the molecule is CC(C)C1(C(C)C)SCc2sc(N)c(C#N)c21. The van der Waals surface area contributed by atoms with Gasteiger partial charge in [0.2, 0.25) is 0 Å². The molecule has 0 radical (unpaired) electrons. The van der Waals surface area contributed by atoms with Gasteiger partial charge in [-0.25, -0.2) is 0 Å². The Morgan fingerprint density at radius 3 is 2.35 bits per heavy atom. The van der Waals surface area contributed by atoms with Gasteiger partial charge in [-0.15, -0.1) is 23.1 Å². The number of thiophene rings is 1. The van der Waals surface area contributed by atoms with Gasteiger partial charge >= 0.3 is 0 Å². The Kier molecular flexibility index (Phi) is 3.17. The van der Waals surface area contributed by atoms with Crippen molar-refractivity contribution in [2.75, 3.05) is 5.73 Å². The van der Waals surface area contributed by atoms with Crippen molar-refractivity contribution in [1.82, 2.24) is 0 Å². The van der Waals surface area contributed by atoms with E-state index in [0.29, 0.717) is 16.8 Å². The van der Waals surface area contributed by atoms with E-state index in [9.17, 15) is 5.26 Å². The fourth-order valence-electron chi connectivity index (χ4n) is 2.96. The maximum Gasteiger partial charge on any atom is 0.104 e. The summed E-state index contributed by atoms with van der Waals surface area (Å²) in [6.07, 6.45) is 0. The van der Waals surface area contributed by atoms with Gasteiger partial charge in [-0.1, -0.05) is 27.7 Å². The summed E-state index contributed by atoms with van der Waals surface area (Å²) in [5, 5.41) is 10.0. The molecule has 2 heterocycles. The summed E-state index contributed by atoms with van der Waals surface area (Å²) in [4.78, 5) is 1.31. The minimum atomic E-state index is 0.0640. The van der Waals surface area contributed by atoms with E-state index in [-0.39, 0.29) is 4.75 Å². The van der Waals surface area contributed by atoms with Crippen LogP contribution in [0.4, 0.5) is 5.00 Å². The maximum atomic E-state index is 9.33. The molecule has 0 spiro atoms. The second kappa shape index (κ2) is 4.22. The summed E-state index contributed by atoms with van der Waals surface area (Å²) in [7, 11) is 0. The summed E-state index contributed by atoms with van der Waals surface area (Å²) in [6.45, 7) is 8.99. The van der Waals surface area contributed by atoms with Gasteiger partial charge in [-0.3, -0.25) is 0 Å². The Labute approximate surface area is 111 Å². The van der Waals surface area contributed by atoms with Crippen LogP contribution in [0, 0.1) is 23.2 Å². The zero-order chi connectivity index (χ0) is 12.8. The number of rotatable bonds is 2. The first-order valence-corrected chi connectivity index (χ1v) is 7.71. The Hall–Kier alpha value is -0.660. The topological polar surface area (TPSA) is 49.8 Å². The molecule has 1 aromatic rings. The summed E-state index contributed by atoms with van der Waals surface area (Å²) < 4.78 is 0.0640. The van der Waals surface area contributed by atoms with E-state index >= 15 is 0 Å². The lowest BCUT2D eigenvalue weighted by Gasteiger charge is -2.37. The van der Waals surface area contributed by atoms with Crippen LogP contribution in [0.3, 0.4) is 0 Å². The molecule has 0 atom stereocenters. The third-order valence-electron chi connectivity index (χ3n) is 3.67. The number of hydrogen-bond donors (Lipinski definition) is 1. The van der Waals surface area contributed by atoms with Crippen LogP contribution in [-0.2, 0) is 10.5 Å². The number of nitrogens with zero attached hydrogens (tertiary/aromatic N) is 1. The Morgan fingerprint density at radius 2 is 1.88 bits per heavy atom. The van der Waals surface area contributed by atoms with Crippen molar-refractivity contribution in [1.29, 1.82) is 5.26 Å². The molecular formula is C13H18N2S2. The minimum Gasteiger partial charge on any atom is -0.389 e. The average molecular weight is 266 g/mol. The highest BCUT2D eigenvalue weighted by Crippen LogP contribution is 2.60. The van der Waals surface area contributed by atoms with Crippen LogP contribution in [0.25, 0.3) is 0 Å². The number of nitriles is 1. The molecule has 0 fully saturated rings. The Bertz CT molecular complexity index is 472. The monoisotopic (exact) mass is 266 g/mol. The van der Waals surface area contributed by atoms with Crippen LogP contribution in [-0.4, -0.2) is 0 Å². The summed E-state index contributed by atoms with van der Waals surface area (Å²) in [6, 6.07) is 2.31. The number of nitrogens with two attached hydrogens (primary N) is 1. The first kappa shape index (κ1) is 12.8. The van der Waals surface area contributed by atoms with E-state index in [2.05, 4.69) is 33.8 Å². The van der Waals surface area contributed by atoms with Gasteiger partial charge in [0.25, 0.3) is 0 Å². The second-order valence-electron chi connectivity index (χ2n) is 5.14. The normalized spacial score (nSPS) is 17.5.